The predicted octanol–water partition coefficient (Wildman–Crippen LogP) is 1.83. The molecule has 2 aliphatic rings. The molecule has 9 nitrogen and oxygen atoms in total. The predicted molar refractivity (Wildman–Crippen MR) is 105 cm³/mol. The summed E-state index contributed by atoms with van der Waals surface area (Å²) in [6.45, 7) is 0.444. The molecule has 3 aromatic rings. The number of anilines is 2. The van der Waals surface area contributed by atoms with E-state index >= 15 is 0 Å². The van der Waals surface area contributed by atoms with Crippen LogP contribution < -0.4 is 19.7 Å². The number of hydrogen-bond donors (Lipinski definition) is 1. The molecule has 5 rings (SSSR count). The van der Waals surface area contributed by atoms with Crippen LogP contribution in [0.3, 0.4) is 0 Å². The fourth-order valence-electron chi connectivity index (χ4n) is 3.81. The van der Waals surface area contributed by atoms with Gasteiger partial charge in [0.15, 0.2) is 18.2 Å². The van der Waals surface area contributed by atoms with E-state index in [1.54, 1.807) is 24.1 Å². The summed E-state index contributed by atoms with van der Waals surface area (Å²) in [4.78, 5) is 14.8. The van der Waals surface area contributed by atoms with Crippen molar-refractivity contribution in [1.82, 2.24) is 20.2 Å². The van der Waals surface area contributed by atoms with Gasteiger partial charge in [-0.15, -0.1) is 10.2 Å². The van der Waals surface area contributed by atoms with E-state index in [4.69, 9.17) is 9.47 Å². The summed E-state index contributed by atoms with van der Waals surface area (Å²) >= 11 is 0. The summed E-state index contributed by atoms with van der Waals surface area (Å²) in [5.41, 5.74) is 1.52. The summed E-state index contributed by atoms with van der Waals surface area (Å²) < 4.78 is 39.7. The molecule has 160 valence electrons. The van der Waals surface area contributed by atoms with Crippen molar-refractivity contribution in [2.24, 2.45) is 7.05 Å². The Morgan fingerprint density at radius 2 is 2.06 bits per heavy atom. The molecule has 1 atom stereocenters. The summed E-state index contributed by atoms with van der Waals surface area (Å²) in [5.74, 6) is -0.484. The van der Waals surface area contributed by atoms with E-state index in [0.29, 0.717) is 23.7 Å². The topological polar surface area (TPSA) is 94.4 Å². The van der Waals surface area contributed by atoms with E-state index in [1.807, 2.05) is 6.07 Å². The lowest BCUT2D eigenvalue weighted by Crippen LogP contribution is -2.45. The van der Waals surface area contributed by atoms with Crippen molar-refractivity contribution in [2.75, 3.05) is 23.4 Å². The van der Waals surface area contributed by atoms with Gasteiger partial charge < -0.3 is 19.7 Å². The van der Waals surface area contributed by atoms with Gasteiger partial charge >= 0.3 is 0 Å². The number of rotatable bonds is 4. The van der Waals surface area contributed by atoms with Gasteiger partial charge in [0, 0.05) is 25.1 Å². The highest BCUT2D eigenvalue weighted by molar-refractivity contribution is 5.95. The van der Waals surface area contributed by atoms with E-state index in [2.05, 4.69) is 20.7 Å². The highest BCUT2D eigenvalue weighted by Crippen LogP contribution is 2.39. The van der Waals surface area contributed by atoms with E-state index in [9.17, 15) is 13.6 Å². The van der Waals surface area contributed by atoms with E-state index in [-0.39, 0.29) is 43.1 Å². The van der Waals surface area contributed by atoms with Crippen molar-refractivity contribution < 1.29 is 23.0 Å². The molecule has 2 aliphatic heterocycles. The maximum Gasteiger partial charge on any atom is 0.262 e. The molecule has 11 heteroatoms. The molecule has 1 amide bonds. The zero-order chi connectivity index (χ0) is 21.5. The molecule has 0 spiro atoms. The van der Waals surface area contributed by atoms with Crippen LogP contribution in [0.25, 0.3) is 0 Å². The number of halogens is 2. The maximum atomic E-state index is 14.8. The molecule has 2 aromatic carbocycles. The third-order valence-corrected chi connectivity index (χ3v) is 5.15. The van der Waals surface area contributed by atoms with Gasteiger partial charge in [-0.05, 0) is 22.9 Å². The quantitative estimate of drug-likeness (QED) is 0.678. The zero-order valence-electron chi connectivity index (χ0n) is 16.5. The van der Waals surface area contributed by atoms with E-state index in [0.717, 1.165) is 11.6 Å². The number of nitrogens with zero attached hydrogens (tertiary/aromatic N) is 5. The van der Waals surface area contributed by atoms with Gasteiger partial charge in [-0.1, -0.05) is 6.07 Å². The second kappa shape index (κ2) is 7.49. The first-order valence-electron chi connectivity index (χ1n) is 9.63. The van der Waals surface area contributed by atoms with Crippen molar-refractivity contribution in [3.8, 4) is 11.5 Å². The minimum absolute atomic E-state index is 0.0346. The Kier molecular flexibility index (Phi) is 4.64. The summed E-state index contributed by atoms with van der Waals surface area (Å²) in [5, 5.41) is 14.8. The van der Waals surface area contributed by atoms with Crippen molar-refractivity contribution in [3.63, 3.8) is 0 Å². The number of hydrogen-bond acceptors (Lipinski definition) is 7. The normalized spacial score (nSPS) is 17.3. The van der Waals surface area contributed by atoms with Crippen LogP contribution in [0, 0.1) is 11.6 Å². The number of tetrazole rings is 1. The average molecular weight is 428 g/mol. The monoisotopic (exact) mass is 428 g/mol. The molecule has 0 saturated carbocycles. The van der Waals surface area contributed by atoms with Crippen molar-refractivity contribution in [2.45, 2.75) is 19.0 Å². The van der Waals surface area contributed by atoms with Gasteiger partial charge in [-0.25, -0.2) is 8.78 Å². The largest absolute Gasteiger partial charge is 0.489 e. The molecule has 0 radical (unpaired) electrons. The second-order valence-corrected chi connectivity index (χ2v) is 7.39. The van der Waals surface area contributed by atoms with Gasteiger partial charge in [-0.3, -0.25) is 4.79 Å². The van der Waals surface area contributed by atoms with Gasteiger partial charge in [0.2, 0.25) is 0 Å². The first kappa shape index (κ1) is 19.2. The SMILES string of the molecule is Cn1nnc(C[C@@H]2COc3cc(F)cc(F)c3N2Cc2ccc3c(c2)NC(=O)CO3)n1. The lowest BCUT2D eigenvalue weighted by atomic mass is 10.1. The second-order valence-electron chi connectivity index (χ2n) is 7.39. The number of aryl methyl sites for hydroxylation is 1. The molecule has 31 heavy (non-hydrogen) atoms. The standard InChI is InChI=1S/C20H18F2N6O3/c1-27-25-18(24-26-27)7-13-9-30-17-6-12(21)5-14(22)20(17)28(13)8-11-2-3-16-15(4-11)23-19(29)10-31-16/h2-6,13H,7-10H2,1H3,(H,23,29)/t13-/m1/s1. The molecule has 1 N–H and O–H groups in total. The van der Waals surface area contributed by atoms with Crippen LogP contribution in [0.1, 0.15) is 11.4 Å². The molecule has 0 aliphatic carbocycles. The van der Waals surface area contributed by atoms with Crippen LogP contribution in [0.4, 0.5) is 20.2 Å². The van der Waals surface area contributed by atoms with Crippen LogP contribution in [-0.4, -0.2) is 45.4 Å². The summed E-state index contributed by atoms with van der Waals surface area (Å²) in [7, 11) is 1.66. The van der Waals surface area contributed by atoms with Gasteiger partial charge in [0.1, 0.15) is 29.6 Å². The number of carbonyl (C=O) groups is 1. The van der Waals surface area contributed by atoms with E-state index in [1.165, 1.54) is 10.9 Å². The van der Waals surface area contributed by atoms with Crippen LogP contribution in [0.2, 0.25) is 0 Å². The van der Waals surface area contributed by atoms with Crippen LogP contribution >= 0.6 is 0 Å². The fraction of sp³-hybridized carbons (Fsp3) is 0.300. The number of ether oxygens (including phenoxy) is 2. The summed E-state index contributed by atoms with van der Waals surface area (Å²) in [6.07, 6.45) is 0.356. The third-order valence-electron chi connectivity index (χ3n) is 5.15. The highest BCUT2D eigenvalue weighted by Gasteiger charge is 2.32. The third kappa shape index (κ3) is 3.74. The molecule has 3 heterocycles. The van der Waals surface area contributed by atoms with E-state index < -0.39 is 11.6 Å². The Morgan fingerprint density at radius 3 is 2.87 bits per heavy atom. The minimum Gasteiger partial charge on any atom is -0.489 e. The Balaban J connectivity index is 1.50. The Bertz CT molecular complexity index is 1170. The molecular formula is C20H18F2N6O3. The fourth-order valence-corrected chi connectivity index (χ4v) is 3.81. The minimum atomic E-state index is -0.721. The van der Waals surface area contributed by atoms with Crippen LogP contribution in [-0.2, 0) is 24.8 Å². The number of amides is 1. The van der Waals surface area contributed by atoms with Crippen molar-refractivity contribution >= 4 is 17.3 Å². The van der Waals surface area contributed by atoms with Gasteiger partial charge in [-0.2, -0.15) is 4.80 Å². The number of aromatic nitrogens is 4. The van der Waals surface area contributed by atoms with Crippen LogP contribution in [0.15, 0.2) is 30.3 Å². The van der Waals surface area contributed by atoms with Crippen LogP contribution in [0.5, 0.6) is 11.5 Å². The lowest BCUT2D eigenvalue weighted by Gasteiger charge is -2.38. The van der Waals surface area contributed by atoms with Crippen molar-refractivity contribution in [1.29, 1.82) is 0 Å². The van der Waals surface area contributed by atoms with Gasteiger partial charge in [0.05, 0.1) is 18.8 Å². The molecule has 0 bridgehead atoms. The molecule has 1 aromatic heterocycles. The maximum absolute atomic E-state index is 14.8. The average Bonchev–Trinajstić information content (AvgIpc) is 3.13. The molecule has 0 unspecified atom stereocenters. The molecule has 0 saturated heterocycles. The lowest BCUT2D eigenvalue weighted by molar-refractivity contribution is -0.118. The Labute approximate surface area is 175 Å². The first-order valence-corrected chi connectivity index (χ1v) is 9.63. The Hall–Kier alpha value is -3.76. The molecular weight excluding hydrogens is 410 g/mol. The number of benzene rings is 2. The van der Waals surface area contributed by atoms with Crippen molar-refractivity contribution in [3.05, 3.63) is 53.4 Å². The zero-order valence-corrected chi connectivity index (χ0v) is 16.5. The highest BCUT2D eigenvalue weighted by atomic mass is 19.1. The first-order chi connectivity index (χ1) is 15.0. The number of fused-ring (bicyclic) bond motifs is 2. The Morgan fingerprint density at radius 1 is 1.19 bits per heavy atom. The number of nitrogens with one attached hydrogen (secondary N) is 1. The summed E-state index contributed by atoms with van der Waals surface area (Å²) in [6, 6.07) is 7.05. The smallest absolute Gasteiger partial charge is 0.262 e. The number of carbonyl (C=O) groups excluding carboxylic acids is 1. The van der Waals surface area contributed by atoms with Gasteiger partial charge in [0.25, 0.3) is 5.91 Å². The molecule has 0 fully saturated rings.